The molecule has 1 aliphatic heterocycles. The Morgan fingerprint density at radius 1 is 1.21 bits per heavy atom. The summed E-state index contributed by atoms with van der Waals surface area (Å²) in [7, 11) is 0. The number of carbonyl (C=O) groups excluding carboxylic acids is 1. The molecule has 0 aliphatic carbocycles. The first kappa shape index (κ1) is 20.0. The Labute approximate surface area is 173 Å². The zero-order valence-electron chi connectivity index (χ0n) is 16.5. The minimum atomic E-state index is -0.180. The Morgan fingerprint density at radius 2 is 2.07 bits per heavy atom. The summed E-state index contributed by atoms with van der Waals surface area (Å²) >= 11 is 1.45. The van der Waals surface area contributed by atoms with E-state index in [-0.39, 0.29) is 5.91 Å². The largest absolute Gasteiger partial charge is 0.455 e. The fourth-order valence-corrected chi connectivity index (χ4v) is 3.94. The number of hydrogen-bond donors (Lipinski definition) is 1. The van der Waals surface area contributed by atoms with Crippen LogP contribution in [0.15, 0.2) is 44.4 Å². The number of thioether (sulfide) groups is 1. The second kappa shape index (κ2) is 9.47. The van der Waals surface area contributed by atoms with Gasteiger partial charge in [0.25, 0.3) is 11.1 Å². The molecule has 29 heavy (non-hydrogen) atoms. The molecule has 3 heterocycles. The molecule has 0 bridgehead atoms. The maximum Gasteiger partial charge on any atom is 0.286 e. The first-order chi connectivity index (χ1) is 14.2. The van der Waals surface area contributed by atoms with Gasteiger partial charge in [-0.3, -0.25) is 9.69 Å². The molecule has 7 nitrogen and oxygen atoms in total. The molecule has 0 unspecified atom stereocenters. The molecule has 1 amide bonds. The Hall–Kier alpha value is -2.29. The molecule has 1 aliphatic rings. The maximum absolute atomic E-state index is 12.3. The number of ether oxygens (including phenoxy) is 1. The molecule has 3 aromatic rings. The van der Waals surface area contributed by atoms with E-state index in [1.54, 1.807) is 6.07 Å². The fourth-order valence-electron chi connectivity index (χ4n) is 3.20. The van der Waals surface area contributed by atoms with Gasteiger partial charge >= 0.3 is 0 Å². The van der Waals surface area contributed by atoms with Crippen molar-refractivity contribution in [2.24, 2.45) is 0 Å². The summed E-state index contributed by atoms with van der Waals surface area (Å²) in [5.74, 6) is 1.42. The molecule has 1 fully saturated rings. The van der Waals surface area contributed by atoms with Crippen LogP contribution in [0.4, 0.5) is 0 Å². The van der Waals surface area contributed by atoms with Gasteiger partial charge in [-0.1, -0.05) is 17.8 Å². The van der Waals surface area contributed by atoms with E-state index in [2.05, 4.69) is 15.2 Å². The van der Waals surface area contributed by atoms with Gasteiger partial charge in [0.2, 0.25) is 0 Å². The molecule has 0 spiro atoms. The van der Waals surface area contributed by atoms with Crippen molar-refractivity contribution in [1.29, 1.82) is 0 Å². The van der Waals surface area contributed by atoms with E-state index in [0.717, 1.165) is 55.9 Å². The summed E-state index contributed by atoms with van der Waals surface area (Å²) in [6.07, 6.45) is 0.909. The molecule has 1 aromatic carbocycles. The zero-order valence-corrected chi connectivity index (χ0v) is 17.3. The number of fused-ring (bicyclic) bond motifs is 1. The van der Waals surface area contributed by atoms with Crippen LogP contribution in [0.25, 0.3) is 11.1 Å². The number of aromatic nitrogens is 1. The van der Waals surface area contributed by atoms with E-state index in [9.17, 15) is 4.79 Å². The number of rotatable bonds is 8. The number of nitrogens with one attached hydrogen (secondary N) is 1. The summed E-state index contributed by atoms with van der Waals surface area (Å²) in [5.41, 5.74) is 2.77. The average Bonchev–Trinajstić information content (AvgIpc) is 3.36. The van der Waals surface area contributed by atoms with Crippen LogP contribution in [0, 0.1) is 6.92 Å². The number of morpholine rings is 1. The van der Waals surface area contributed by atoms with E-state index in [4.69, 9.17) is 13.6 Å². The predicted octanol–water partition coefficient (Wildman–Crippen LogP) is 3.47. The lowest BCUT2D eigenvalue weighted by molar-refractivity contribution is 0.0374. The van der Waals surface area contributed by atoms with E-state index < -0.39 is 0 Å². The number of aryl methyl sites for hydroxylation is 1. The second-order valence-corrected chi connectivity index (χ2v) is 8.00. The number of nitrogens with zero attached hydrogens (tertiary/aromatic N) is 2. The molecule has 0 radical (unpaired) electrons. The number of benzene rings is 1. The second-order valence-electron chi connectivity index (χ2n) is 7.07. The van der Waals surface area contributed by atoms with E-state index >= 15 is 0 Å². The Balaban J connectivity index is 1.22. The SMILES string of the molecule is Cc1ccc2oc(SCc3ccc(C(=O)NCCCN4CCOCC4)o3)nc2c1. The van der Waals surface area contributed by atoms with Crippen molar-refractivity contribution in [1.82, 2.24) is 15.2 Å². The molecule has 154 valence electrons. The van der Waals surface area contributed by atoms with Gasteiger partial charge in [0.15, 0.2) is 11.3 Å². The van der Waals surface area contributed by atoms with Gasteiger partial charge in [-0.15, -0.1) is 0 Å². The third kappa shape index (κ3) is 5.41. The predicted molar refractivity (Wildman–Crippen MR) is 111 cm³/mol. The van der Waals surface area contributed by atoms with Crippen molar-refractivity contribution in [3.63, 3.8) is 0 Å². The molecule has 1 N–H and O–H groups in total. The smallest absolute Gasteiger partial charge is 0.286 e. The summed E-state index contributed by atoms with van der Waals surface area (Å²) in [4.78, 5) is 19.1. The monoisotopic (exact) mass is 415 g/mol. The molecule has 2 aromatic heterocycles. The lowest BCUT2D eigenvalue weighted by Gasteiger charge is -2.26. The van der Waals surface area contributed by atoms with E-state index in [0.29, 0.717) is 29.0 Å². The summed E-state index contributed by atoms with van der Waals surface area (Å²) < 4.78 is 16.7. The van der Waals surface area contributed by atoms with E-state index in [1.807, 2.05) is 31.2 Å². The van der Waals surface area contributed by atoms with Crippen LogP contribution >= 0.6 is 11.8 Å². The molecule has 0 saturated carbocycles. The molecule has 0 atom stereocenters. The highest BCUT2D eigenvalue weighted by Crippen LogP contribution is 2.27. The van der Waals surface area contributed by atoms with Gasteiger partial charge in [0, 0.05) is 19.6 Å². The van der Waals surface area contributed by atoms with Crippen molar-refractivity contribution in [3.8, 4) is 0 Å². The standard InChI is InChI=1S/C21H25N3O4S/c1-15-3-5-18-17(13-15)23-21(28-18)29-14-16-4-6-19(27-16)20(25)22-7-2-8-24-9-11-26-12-10-24/h3-6,13H,2,7-12,14H2,1H3,(H,22,25). The fraction of sp³-hybridized carbons (Fsp3) is 0.429. The number of furan rings is 1. The maximum atomic E-state index is 12.3. The Kier molecular flexibility index (Phi) is 6.53. The van der Waals surface area contributed by atoms with Crippen LogP contribution in [0.5, 0.6) is 0 Å². The molecule has 8 heteroatoms. The first-order valence-corrected chi connectivity index (χ1v) is 10.8. The van der Waals surface area contributed by atoms with Crippen molar-refractivity contribution in [2.45, 2.75) is 24.3 Å². The van der Waals surface area contributed by atoms with Crippen molar-refractivity contribution >= 4 is 28.8 Å². The number of oxazole rings is 1. The van der Waals surface area contributed by atoms with Crippen LogP contribution in [-0.2, 0) is 10.5 Å². The Morgan fingerprint density at radius 3 is 2.93 bits per heavy atom. The van der Waals surface area contributed by atoms with Crippen molar-refractivity contribution < 1.29 is 18.4 Å². The average molecular weight is 416 g/mol. The van der Waals surface area contributed by atoms with Crippen LogP contribution < -0.4 is 5.32 Å². The Bertz CT molecular complexity index is 962. The molecular weight excluding hydrogens is 390 g/mol. The van der Waals surface area contributed by atoms with Gasteiger partial charge in [0.1, 0.15) is 11.3 Å². The summed E-state index contributed by atoms with van der Waals surface area (Å²) in [6, 6.07) is 9.46. The molecule has 1 saturated heterocycles. The van der Waals surface area contributed by atoms with Crippen LogP contribution in [-0.4, -0.2) is 55.2 Å². The number of amides is 1. The van der Waals surface area contributed by atoms with Gasteiger partial charge in [0.05, 0.1) is 19.0 Å². The summed E-state index contributed by atoms with van der Waals surface area (Å²) in [5, 5.41) is 3.51. The quantitative estimate of drug-likeness (QED) is 0.446. The molecular formula is C21H25N3O4S. The van der Waals surface area contributed by atoms with Gasteiger partial charge in [-0.25, -0.2) is 4.98 Å². The highest BCUT2D eigenvalue weighted by Gasteiger charge is 2.14. The zero-order chi connectivity index (χ0) is 20.1. The van der Waals surface area contributed by atoms with E-state index in [1.165, 1.54) is 11.8 Å². The number of carbonyl (C=O) groups is 1. The van der Waals surface area contributed by atoms with Crippen molar-refractivity contribution in [3.05, 3.63) is 47.4 Å². The lowest BCUT2D eigenvalue weighted by Crippen LogP contribution is -2.38. The van der Waals surface area contributed by atoms with Gasteiger partial charge in [-0.05, 0) is 49.7 Å². The highest BCUT2D eigenvalue weighted by molar-refractivity contribution is 7.98. The summed E-state index contributed by atoms with van der Waals surface area (Å²) in [6.45, 7) is 7.14. The van der Waals surface area contributed by atoms with Crippen LogP contribution in [0.3, 0.4) is 0 Å². The number of hydrogen-bond acceptors (Lipinski definition) is 7. The minimum absolute atomic E-state index is 0.180. The van der Waals surface area contributed by atoms with Crippen LogP contribution in [0.2, 0.25) is 0 Å². The topological polar surface area (TPSA) is 80.7 Å². The van der Waals surface area contributed by atoms with Crippen molar-refractivity contribution in [2.75, 3.05) is 39.4 Å². The van der Waals surface area contributed by atoms with Crippen LogP contribution in [0.1, 0.15) is 28.3 Å². The third-order valence-corrected chi connectivity index (χ3v) is 5.64. The highest BCUT2D eigenvalue weighted by atomic mass is 32.2. The molecule has 4 rings (SSSR count). The minimum Gasteiger partial charge on any atom is -0.455 e. The van der Waals surface area contributed by atoms with Gasteiger partial charge in [-0.2, -0.15) is 0 Å². The first-order valence-electron chi connectivity index (χ1n) is 9.84. The normalized spacial score (nSPS) is 15.1. The third-order valence-electron chi connectivity index (χ3n) is 4.79. The van der Waals surface area contributed by atoms with Gasteiger partial charge < -0.3 is 18.9 Å². The lowest BCUT2D eigenvalue weighted by atomic mass is 10.2.